The van der Waals surface area contributed by atoms with Gasteiger partial charge in [-0.05, 0) is 49.6 Å². The molecule has 1 heterocycles. The minimum Gasteiger partial charge on any atom is -0.305 e. The third-order valence-electron chi connectivity index (χ3n) is 3.24. The average molecular weight is 258 g/mol. The molecule has 2 rings (SSSR count). The molecule has 0 aliphatic carbocycles. The minimum atomic E-state index is -0.110. The third-order valence-corrected chi connectivity index (χ3v) is 3.24. The van der Waals surface area contributed by atoms with Crippen LogP contribution in [-0.2, 0) is 6.54 Å². The lowest BCUT2D eigenvalue weighted by Crippen LogP contribution is -2.19. The van der Waals surface area contributed by atoms with E-state index in [0.717, 1.165) is 11.3 Å². The molecule has 0 radical (unpaired) electrons. The highest BCUT2D eigenvalue weighted by molar-refractivity contribution is 5.30. The van der Waals surface area contributed by atoms with Crippen molar-refractivity contribution in [2.75, 3.05) is 0 Å². The van der Waals surface area contributed by atoms with Crippen LogP contribution < -0.4 is 5.32 Å². The van der Waals surface area contributed by atoms with E-state index >= 15 is 0 Å². The Labute approximate surface area is 113 Å². The van der Waals surface area contributed by atoms with E-state index in [4.69, 9.17) is 0 Å². The Balaban J connectivity index is 2.03. The molecule has 0 fully saturated rings. The molecule has 2 nitrogen and oxygen atoms in total. The van der Waals surface area contributed by atoms with Gasteiger partial charge < -0.3 is 5.32 Å². The minimum absolute atomic E-state index is 0.110. The quantitative estimate of drug-likeness (QED) is 0.904. The summed E-state index contributed by atoms with van der Waals surface area (Å²) in [5.74, 6) is -0.110. The number of halogens is 1. The molecule has 19 heavy (non-hydrogen) atoms. The maximum Gasteiger partial charge on any atom is 0.129 e. The SMILES string of the molecule is Cc1cc(CNC(C)c2ccccn2)cc(C)c1F. The van der Waals surface area contributed by atoms with E-state index in [2.05, 4.69) is 17.2 Å². The van der Waals surface area contributed by atoms with Gasteiger partial charge >= 0.3 is 0 Å². The fourth-order valence-corrected chi connectivity index (χ4v) is 2.15. The topological polar surface area (TPSA) is 24.9 Å². The van der Waals surface area contributed by atoms with E-state index in [9.17, 15) is 4.39 Å². The molecule has 1 aromatic carbocycles. The molecule has 2 aromatic rings. The molecule has 1 unspecified atom stereocenters. The molecule has 0 spiro atoms. The maximum atomic E-state index is 13.5. The molecule has 1 aromatic heterocycles. The third kappa shape index (κ3) is 3.38. The zero-order chi connectivity index (χ0) is 13.8. The number of hydrogen-bond donors (Lipinski definition) is 1. The number of aryl methyl sites for hydroxylation is 2. The van der Waals surface area contributed by atoms with Gasteiger partial charge in [0.25, 0.3) is 0 Å². The van der Waals surface area contributed by atoms with Gasteiger partial charge in [-0.3, -0.25) is 4.98 Å². The van der Waals surface area contributed by atoms with Crippen LogP contribution in [0.2, 0.25) is 0 Å². The fourth-order valence-electron chi connectivity index (χ4n) is 2.15. The van der Waals surface area contributed by atoms with Crippen LogP contribution in [0.5, 0.6) is 0 Å². The van der Waals surface area contributed by atoms with Gasteiger partial charge in [0.15, 0.2) is 0 Å². The summed E-state index contributed by atoms with van der Waals surface area (Å²) in [5.41, 5.74) is 3.50. The second kappa shape index (κ2) is 5.93. The summed E-state index contributed by atoms with van der Waals surface area (Å²) in [6.45, 7) is 6.38. The highest BCUT2D eigenvalue weighted by Gasteiger charge is 2.07. The van der Waals surface area contributed by atoms with Crippen molar-refractivity contribution in [2.24, 2.45) is 0 Å². The van der Waals surface area contributed by atoms with E-state index in [-0.39, 0.29) is 11.9 Å². The van der Waals surface area contributed by atoms with Crippen molar-refractivity contribution in [1.82, 2.24) is 10.3 Å². The zero-order valence-electron chi connectivity index (χ0n) is 11.6. The Bertz CT molecular complexity index is 529. The lowest BCUT2D eigenvalue weighted by atomic mass is 10.1. The van der Waals surface area contributed by atoms with Crippen molar-refractivity contribution in [2.45, 2.75) is 33.4 Å². The summed E-state index contributed by atoms with van der Waals surface area (Å²) >= 11 is 0. The smallest absolute Gasteiger partial charge is 0.129 e. The summed E-state index contributed by atoms with van der Waals surface area (Å²) in [5, 5.41) is 3.40. The normalized spacial score (nSPS) is 12.4. The van der Waals surface area contributed by atoms with Crippen LogP contribution in [0.4, 0.5) is 4.39 Å². The van der Waals surface area contributed by atoms with Crippen molar-refractivity contribution in [1.29, 1.82) is 0 Å². The van der Waals surface area contributed by atoms with Crippen LogP contribution in [-0.4, -0.2) is 4.98 Å². The summed E-state index contributed by atoms with van der Waals surface area (Å²) < 4.78 is 13.5. The van der Waals surface area contributed by atoms with Gasteiger partial charge in [0.1, 0.15) is 5.82 Å². The van der Waals surface area contributed by atoms with Crippen molar-refractivity contribution in [3.8, 4) is 0 Å². The summed E-state index contributed by atoms with van der Waals surface area (Å²) in [4.78, 5) is 4.32. The van der Waals surface area contributed by atoms with E-state index in [1.54, 1.807) is 20.0 Å². The van der Waals surface area contributed by atoms with Gasteiger partial charge in [-0.2, -0.15) is 0 Å². The highest BCUT2D eigenvalue weighted by atomic mass is 19.1. The van der Waals surface area contributed by atoms with Crippen LogP contribution in [0.1, 0.15) is 35.3 Å². The fraction of sp³-hybridized carbons (Fsp3) is 0.312. The second-order valence-corrected chi connectivity index (χ2v) is 4.90. The molecule has 1 atom stereocenters. The van der Waals surface area contributed by atoms with Crippen LogP contribution in [0.3, 0.4) is 0 Å². The number of nitrogens with one attached hydrogen (secondary N) is 1. The Kier molecular flexibility index (Phi) is 4.27. The molecule has 0 aliphatic rings. The van der Waals surface area contributed by atoms with Gasteiger partial charge in [0.05, 0.1) is 5.69 Å². The molecular formula is C16H19FN2. The Morgan fingerprint density at radius 3 is 2.47 bits per heavy atom. The number of rotatable bonds is 4. The molecule has 0 saturated heterocycles. The molecule has 0 aliphatic heterocycles. The number of benzene rings is 1. The van der Waals surface area contributed by atoms with Crippen LogP contribution in [0.15, 0.2) is 36.5 Å². The van der Waals surface area contributed by atoms with E-state index in [1.807, 2.05) is 30.3 Å². The Hall–Kier alpha value is -1.74. The first-order valence-corrected chi connectivity index (χ1v) is 6.48. The molecule has 0 bridgehead atoms. The number of hydrogen-bond acceptors (Lipinski definition) is 2. The number of aromatic nitrogens is 1. The second-order valence-electron chi connectivity index (χ2n) is 4.90. The highest BCUT2D eigenvalue weighted by Crippen LogP contribution is 2.16. The number of pyridine rings is 1. The Morgan fingerprint density at radius 2 is 1.89 bits per heavy atom. The van der Waals surface area contributed by atoms with E-state index < -0.39 is 0 Å². The lowest BCUT2D eigenvalue weighted by Gasteiger charge is -2.14. The number of nitrogens with zero attached hydrogens (tertiary/aromatic N) is 1. The Morgan fingerprint density at radius 1 is 1.21 bits per heavy atom. The standard InChI is InChI=1S/C16H19FN2/c1-11-8-14(9-12(2)16(11)17)10-19-13(3)15-6-4-5-7-18-15/h4-9,13,19H,10H2,1-3H3. The first kappa shape index (κ1) is 13.7. The van der Waals surface area contributed by atoms with Gasteiger partial charge in [0, 0.05) is 18.8 Å². The lowest BCUT2D eigenvalue weighted by molar-refractivity contribution is 0.558. The first-order valence-electron chi connectivity index (χ1n) is 6.48. The monoisotopic (exact) mass is 258 g/mol. The molecule has 100 valence electrons. The molecule has 0 saturated carbocycles. The van der Waals surface area contributed by atoms with Crippen molar-refractivity contribution in [3.05, 3.63) is 64.7 Å². The predicted octanol–water partition coefficient (Wildman–Crippen LogP) is 3.69. The largest absolute Gasteiger partial charge is 0.305 e. The van der Waals surface area contributed by atoms with E-state index in [0.29, 0.717) is 17.7 Å². The first-order chi connectivity index (χ1) is 9.08. The maximum absolute atomic E-state index is 13.5. The van der Waals surface area contributed by atoms with Crippen molar-refractivity contribution < 1.29 is 4.39 Å². The summed E-state index contributed by atoms with van der Waals surface area (Å²) in [7, 11) is 0. The van der Waals surface area contributed by atoms with E-state index in [1.165, 1.54) is 0 Å². The van der Waals surface area contributed by atoms with Gasteiger partial charge in [0.2, 0.25) is 0 Å². The summed E-state index contributed by atoms with van der Waals surface area (Å²) in [6.07, 6.45) is 1.79. The van der Waals surface area contributed by atoms with Crippen LogP contribution in [0.25, 0.3) is 0 Å². The molecule has 1 N–H and O–H groups in total. The molecule has 0 amide bonds. The van der Waals surface area contributed by atoms with Gasteiger partial charge in [-0.25, -0.2) is 4.39 Å². The van der Waals surface area contributed by atoms with Crippen molar-refractivity contribution >= 4 is 0 Å². The van der Waals surface area contributed by atoms with Crippen molar-refractivity contribution in [3.63, 3.8) is 0 Å². The van der Waals surface area contributed by atoms with Crippen LogP contribution >= 0.6 is 0 Å². The van der Waals surface area contributed by atoms with Crippen LogP contribution in [0, 0.1) is 19.7 Å². The summed E-state index contributed by atoms with van der Waals surface area (Å²) in [6, 6.07) is 9.84. The molecular weight excluding hydrogens is 239 g/mol. The molecule has 3 heteroatoms. The zero-order valence-corrected chi connectivity index (χ0v) is 11.6. The average Bonchev–Trinajstić information content (AvgIpc) is 2.43. The van der Waals surface area contributed by atoms with Gasteiger partial charge in [-0.15, -0.1) is 0 Å². The predicted molar refractivity (Wildman–Crippen MR) is 75.4 cm³/mol. The van der Waals surface area contributed by atoms with Gasteiger partial charge in [-0.1, -0.05) is 18.2 Å².